The highest BCUT2D eigenvalue weighted by Crippen LogP contribution is 2.01. The van der Waals surface area contributed by atoms with E-state index in [1.807, 2.05) is 0 Å². The summed E-state index contributed by atoms with van der Waals surface area (Å²) in [6.45, 7) is 4.77. The third-order valence-corrected chi connectivity index (χ3v) is 1.17. The molecule has 0 rings (SSSR count). The predicted molar refractivity (Wildman–Crippen MR) is 36.1 cm³/mol. The molecule has 0 aliphatic rings. The van der Waals surface area contributed by atoms with Gasteiger partial charge in [0, 0.05) is 5.57 Å². The number of aliphatic hydroxyl groups excluding tert-OH is 1. The van der Waals surface area contributed by atoms with Gasteiger partial charge < -0.3 is 5.11 Å². The first-order chi connectivity index (χ1) is 4.09. The summed E-state index contributed by atoms with van der Waals surface area (Å²) >= 11 is 0. The maximum absolute atomic E-state index is 10.6. The van der Waals surface area contributed by atoms with E-state index in [1.165, 1.54) is 6.92 Å². The van der Waals surface area contributed by atoms with Crippen molar-refractivity contribution in [1.82, 2.24) is 0 Å². The molecule has 0 aliphatic carbocycles. The van der Waals surface area contributed by atoms with Crippen LogP contribution in [-0.2, 0) is 4.79 Å². The Hall–Kier alpha value is -0.630. The lowest BCUT2D eigenvalue weighted by Crippen LogP contribution is -2.11. The Balaban J connectivity index is 4.19. The predicted octanol–water partition coefficient (Wildman–Crippen LogP) is 0.903. The van der Waals surface area contributed by atoms with E-state index in [1.54, 1.807) is 19.9 Å². The third-order valence-electron chi connectivity index (χ3n) is 1.17. The number of ketones is 1. The molecule has 0 fully saturated rings. The molecule has 0 saturated heterocycles. The summed E-state index contributed by atoms with van der Waals surface area (Å²) in [6, 6.07) is 0. The van der Waals surface area contributed by atoms with Crippen LogP contribution in [0.2, 0.25) is 0 Å². The molecule has 0 spiro atoms. The molecule has 0 saturated carbocycles. The van der Waals surface area contributed by atoms with Gasteiger partial charge in [-0.25, -0.2) is 0 Å². The van der Waals surface area contributed by atoms with Gasteiger partial charge in [-0.2, -0.15) is 0 Å². The van der Waals surface area contributed by atoms with Gasteiger partial charge in [0.05, 0.1) is 6.10 Å². The summed E-state index contributed by atoms with van der Waals surface area (Å²) in [5.41, 5.74) is 0.481. The summed E-state index contributed by atoms with van der Waals surface area (Å²) in [4.78, 5) is 10.6. The van der Waals surface area contributed by atoms with Crippen LogP contribution in [0, 0.1) is 0 Å². The van der Waals surface area contributed by atoms with Gasteiger partial charge in [0.15, 0.2) is 5.78 Å². The minimum Gasteiger partial charge on any atom is -0.389 e. The fraction of sp³-hybridized carbons (Fsp3) is 0.571. The zero-order valence-electron chi connectivity index (χ0n) is 6.01. The highest BCUT2D eigenvalue weighted by atomic mass is 16.3. The first kappa shape index (κ1) is 8.37. The average Bonchev–Trinajstić information content (AvgIpc) is 1.64. The minimum absolute atomic E-state index is 0.0625. The molecule has 0 aliphatic heterocycles. The summed E-state index contributed by atoms with van der Waals surface area (Å²) in [5, 5.41) is 8.89. The van der Waals surface area contributed by atoms with Crippen molar-refractivity contribution in [1.29, 1.82) is 0 Å². The molecule has 1 unspecified atom stereocenters. The van der Waals surface area contributed by atoms with E-state index >= 15 is 0 Å². The topological polar surface area (TPSA) is 37.3 Å². The van der Waals surface area contributed by atoms with Crippen molar-refractivity contribution in [3.8, 4) is 0 Å². The zero-order valence-corrected chi connectivity index (χ0v) is 6.01. The Labute approximate surface area is 55.2 Å². The molecule has 9 heavy (non-hydrogen) atoms. The summed E-state index contributed by atoms with van der Waals surface area (Å²) in [7, 11) is 0. The van der Waals surface area contributed by atoms with E-state index in [-0.39, 0.29) is 5.78 Å². The molecule has 1 N–H and O–H groups in total. The van der Waals surface area contributed by atoms with E-state index in [2.05, 4.69) is 0 Å². The molecular formula is C7H12O2. The van der Waals surface area contributed by atoms with Gasteiger partial charge in [-0.05, 0) is 20.8 Å². The van der Waals surface area contributed by atoms with E-state index in [9.17, 15) is 4.79 Å². The summed E-state index contributed by atoms with van der Waals surface area (Å²) in [5.74, 6) is -0.0625. The maximum Gasteiger partial charge on any atom is 0.158 e. The Morgan fingerprint density at radius 2 is 2.11 bits per heavy atom. The van der Waals surface area contributed by atoms with Gasteiger partial charge in [-0.1, -0.05) is 6.08 Å². The van der Waals surface area contributed by atoms with Crippen LogP contribution in [0.4, 0.5) is 0 Å². The van der Waals surface area contributed by atoms with Gasteiger partial charge in [0.2, 0.25) is 0 Å². The molecule has 0 amide bonds. The first-order valence-corrected chi connectivity index (χ1v) is 2.94. The first-order valence-electron chi connectivity index (χ1n) is 2.94. The number of allylic oxidation sites excluding steroid dienone is 1. The molecule has 1 atom stereocenters. The molecule has 0 bridgehead atoms. The molecule has 0 aromatic heterocycles. The second kappa shape index (κ2) is 3.41. The van der Waals surface area contributed by atoms with Crippen LogP contribution in [0.5, 0.6) is 0 Å². The number of hydrogen-bond acceptors (Lipinski definition) is 2. The molecule has 52 valence electrons. The largest absolute Gasteiger partial charge is 0.389 e. The van der Waals surface area contributed by atoms with Crippen molar-refractivity contribution in [2.45, 2.75) is 26.9 Å². The average molecular weight is 128 g/mol. The molecule has 0 aromatic rings. The fourth-order valence-corrected chi connectivity index (χ4v) is 0.739. The van der Waals surface area contributed by atoms with Crippen LogP contribution in [0.15, 0.2) is 11.6 Å². The van der Waals surface area contributed by atoms with Crippen molar-refractivity contribution in [3.05, 3.63) is 11.6 Å². The van der Waals surface area contributed by atoms with Crippen LogP contribution >= 0.6 is 0 Å². The number of carbonyl (C=O) groups excluding carboxylic acids is 1. The van der Waals surface area contributed by atoms with Crippen molar-refractivity contribution in [2.24, 2.45) is 0 Å². The SMILES string of the molecule is CC=C(C(C)=O)C(C)O. The monoisotopic (exact) mass is 128 g/mol. The Kier molecular flexibility index (Phi) is 3.17. The molecule has 0 aromatic carbocycles. The van der Waals surface area contributed by atoms with Crippen molar-refractivity contribution < 1.29 is 9.90 Å². The Bertz CT molecular complexity index is 134. The number of carbonyl (C=O) groups is 1. The van der Waals surface area contributed by atoms with Crippen molar-refractivity contribution in [2.75, 3.05) is 0 Å². The highest BCUT2D eigenvalue weighted by molar-refractivity contribution is 5.93. The van der Waals surface area contributed by atoms with Crippen LogP contribution in [0.1, 0.15) is 20.8 Å². The zero-order chi connectivity index (χ0) is 7.44. The fourth-order valence-electron chi connectivity index (χ4n) is 0.739. The number of aliphatic hydroxyl groups is 1. The van der Waals surface area contributed by atoms with Gasteiger partial charge in [0.1, 0.15) is 0 Å². The van der Waals surface area contributed by atoms with Gasteiger partial charge in [0.25, 0.3) is 0 Å². The van der Waals surface area contributed by atoms with Crippen LogP contribution in [0.25, 0.3) is 0 Å². The smallest absolute Gasteiger partial charge is 0.158 e. The normalized spacial score (nSPS) is 15.3. The standard InChI is InChI=1S/C7H12O2/c1-4-7(5(2)8)6(3)9/h4-5,8H,1-3H3. The lowest BCUT2D eigenvalue weighted by Gasteiger charge is -2.03. The maximum atomic E-state index is 10.6. The van der Waals surface area contributed by atoms with Gasteiger partial charge in [-0.15, -0.1) is 0 Å². The quantitative estimate of drug-likeness (QED) is 0.561. The minimum atomic E-state index is -0.632. The van der Waals surface area contributed by atoms with E-state index in [4.69, 9.17) is 5.11 Å². The summed E-state index contributed by atoms with van der Waals surface area (Å²) < 4.78 is 0. The second-order valence-electron chi connectivity index (χ2n) is 1.98. The van der Waals surface area contributed by atoms with Crippen LogP contribution in [-0.4, -0.2) is 17.0 Å². The molecule has 0 heterocycles. The Morgan fingerprint density at radius 3 is 2.11 bits per heavy atom. The van der Waals surface area contributed by atoms with E-state index in [0.717, 1.165) is 0 Å². The van der Waals surface area contributed by atoms with Crippen molar-refractivity contribution >= 4 is 5.78 Å². The number of rotatable bonds is 2. The summed E-state index contributed by atoms with van der Waals surface area (Å²) in [6.07, 6.45) is 1.000. The van der Waals surface area contributed by atoms with Gasteiger partial charge in [-0.3, -0.25) is 4.79 Å². The van der Waals surface area contributed by atoms with Crippen molar-refractivity contribution in [3.63, 3.8) is 0 Å². The van der Waals surface area contributed by atoms with E-state index in [0.29, 0.717) is 5.57 Å². The van der Waals surface area contributed by atoms with E-state index < -0.39 is 6.10 Å². The number of Topliss-reactive ketones (excluding diaryl/α,β-unsaturated/α-hetero) is 1. The molecule has 2 heteroatoms. The van der Waals surface area contributed by atoms with Gasteiger partial charge >= 0.3 is 0 Å². The Morgan fingerprint density at radius 1 is 1.67 bits per heavy atom. The highest BCUT2D eigenvalue weighted by Gasteiger charge is 2.06. The number of hydrogen-bond donors (Lipinski definition) is 1. The van der Waals surface area contributed by atoms with Crippen LogP contribution in [0.3, 0.4) is 0 Å². The second-order valence-corrected chi connectivity index (χ2v) is 1.98. The molecule has 2 nitrogen and oxygen atoms in total. The lowest BCUT2D eigenvalue weighted by molar-refractivity contribution is -0.114. The van der Waals surface area contributed by atoms with Crippen LogP contribution < -0.4 is 0 Å². The molecule has 0 radical (unpaired) electrons. The third kappa shape index (κ3) is 2.42. The lowest BCUT2D eigenvalue weighted by atomic mass is 10.1. The molecular weight excluding hydrogens is 116 g/mol.